The second kappa shape index (κ2) is 10.2. The average Bonchev–Trinajstić information content (AvgIpc) is 2.76. The number of hydrogen-bond donors (Lipinski definition) is 1. The molecule has 0 spiro atoms. The van der Waals surface area contributed by atoms with Gasteiger partial charge in [-0.3, -0.25) is 14.7 Å². The van der Waals surface area contributed by atoms with E-state index in [-0.39, 0.29) is 12.5 Å². The minimum Gasteiger partial charge on any atom is -0.482 e. The molecular formula is C21H30F3N5O2. The second-order valence-corrected chi connectivity index (χ2v) is 7.63. The van der Waals surface area contributed by atoms with Crippen LogP contribution in [0.4, 0.5) is 18.9 Å². The molecule has 0 aliphatic carbocycles. The first-order valence-electron chi connectivity index (χ1n) is 10.7. The van der Waals surface area contributed by atoms with E-state index in [1.54, 1.807) is 4.90 Å². The van der Waals surface area contributed by atoms with Gasteiger partial charge in [-0.2, -0.15) is 13.2 Å². The van der Waals surface area contributed by atoms with Crippen LogP contribution in [0.1, 0.15) is 20.3 Å². The van der Waals surface area contributed by atoms with Crippen molar-refractivity contribution in [2.75, 3.05) is 57.3 Å². The lowest BCUT2D eigenvalue weighted by Gasteiger charge is -2.39. The molecule has 1 unspecified atom stereocenters. The zero-order chi connectivity index (χ0) is 22.4. The lowest BCUT2D eigenvalue weighted by atomic mass is 10.2. The van der Waals surface area contributed by atoms with E-state index in [2.05, 4.69) is 10.3 Å². The van der Waals surface area contributed by atoms with Gasteiger partial charge in [0.05, 0.1) is 5.69 Å². The van der Waals surface area contributed by atoms with E-state index in [0.29, 0.717) is 63.9 Å². The maximum absolute atomic E-state index is 13.0. The van der Waals surface area contributed by atoms with Gasteiger partial charge < -0.3 is 19.9 Å². The quantitative estimate of drug-likeness (QED) is 0.417. The van der Waals surface area contributed by atoms with E-state index in [0.717, 1.165) is 5.69 Å². The second-order valence-electron chi connectivity index (χ2n) is 7.63. The lowest BCUT2D eigenvalue weighted by molar-refractivity contribution is -0.181. The maximum atomic E-state index is 13.0. The van der Waals surface area contributed by atoms with Crippen molar-refractivity contribution >= 4 is 17.6 Å². The number of nitrogens with zero attached hydrogens (tertiary/aromatic N) is 4. The van der Waals surface area contributed by atoms with Crippen molar-refractivity contribution in [3.8, 4) is 5.75 Å². The van der Waals surface area contributed by atoms with Gasteiger partial charge in [0, 0.05) is 45.8 Å². The van der Waals surface area contributed by atoms with Crippen molar-refractivity contribution in [3.05, 3.63) is 24.3 Å². The van der Waals surface area contributed by atoms with Crippen LogP contribution in [0.5, 0.6) is 5.75 Å². The third-order valence-electron chi connectivity index (χ3n) is 5.58. The smallest absolute Gasteiger partial charge is 0.403 e. The van der Waals surface area contributed by atoms with Crippen LogP contribution in [0.25, 0.3) is 0 Å². The molecule has 0 radical (unpaired) electrons. The number of para-hydroxylation sites is 2. The van der Waals surface area contributed by atoms with E-state index < -0.39 is 12.2 Å². The highest BCUT2D eigenvalue weighted by Crippen LogP contribution is 2.31. The predicted molar refractivity (Wildman–Crippen MR) is 114 cm³/mol. The summed E-state index contributed by atoms with van der Waals surface area (Å²) in [6, 6.07) is 6.00. The van der Waals surface area contributed by atoms with E-state index in [1.165, 1.54) is 11.8 Å². The molecule has 10 heteroatoms. The number of fused-ring (bicyclic) bond motifs is 1. The summed E-state index contributed by atoms with van der Waals surface area (Å²) in [4.78, 5) is 22.1. The summed E-state index contributed by atoms with van der Waals surface area (Å²) in [5.74, 6) is 1.32. The van der Waals surface area contributed by atoms with E-state index >= 15 is 0 Å². The molecule has 0 aromatic heterocycles. The van der Waals surface area contributed by atoms with E-state index in [1.807, 2.05) is 36.1 Å². The van der Waals surface area contributed by atoms with Gasteiger partial charge in [0.25, 0.3) is 5.91 Å². The third kappa shape index (κ3) is 5.81. The van der Waals surface area contributed by atoms with Crippen LogP contribution in [0.3, 0.4) is 0 Å². The Hall–Kier alpha value is -2.49. The average molecular weight is 441 g/mol. The molecule has 1 aromatic rings. The number of hydrogen-bond acceptors (Lipinski definition) is 4. The Bertz CT molecular complexity index is 779. The first-order chi connectivity index (χ1) is 14.8. The molecule has 2 aliphatic heterocycles. The fraction of sp³-hybridized carbons (Fsp3) is 0.619. The molecule has 7 nitrogen and oxygen atoms in total. The van der Waals surface area contributed by atoms with E-state index in [9.17, 15) is 18.0 Å². The summed E-state index contributed by atoms with van der Waals surface area (Å²) >= 11 is 0. The SMILES string of the molecule is CCNC(=NCCCN1C(=O)COc2ccccc21)N1CCN(C(C)C(F)(F)F)CC1. The summed E-state index contributed by atoms with van der Waals surface area (Å²) in [5.41, 5.74) is 0.768. The third-order valence-corrected chi connectivity index (χ3v) is 5.58. The Morgan fingerprint density at radius 1 is 1.23 bits per heavy atom. The van der Waals surface area contributed by atoms with Gasteiger partial charge in [0.1, 0.15) is 11.8 Å². The highest BCUT2D eigenvalue weighted by molar-refractivity contribution is 5.97. The number of nitrogens with one attached hydrogen (secondary N) is 1. The number of amides is 1. The summed E-state index contributed by atoms with van der Waals surface area (Å²) in [5, 5.41) is 3.22. The van der Waals surface area contributed by atoms with Crippen molar-refractivity contribution in [2.24, 2.45) is 4.99 Å². The van der Waals surface area contributed by atoms with Crippen molar-refractivity contribution in [2.45, 2.75) is 32.5 Å². The van der Waals surface area contributed by atoms with Crippen LogP contribution >= 0.6 is 0 Å². The molecule has 1 aromatic carbocycles. The van der Waals surface area contributed by atoms with Crippen LogP contribution < -0.4 is 15.0 Å². The summed E-state index contributed by atoms with van der Waals surface area (Å²) < 4.78 is 44.3. The van der Waals surface area contributed by atoms with E-state index in [4.69, 9.17) is 4.74 Å². The Morgan fingerprint density at radius 2 is 1.94 bits per heavy atom. The summed E-state index contributed by atoms with van der Waals surface area (Å²) in [6.45, 7) is 6.56. The van der Waals surface area contributed by atoms with Gasteiger partial charge in [-0.25, -0.2) is 0 Å². The number of carbonyl (C=O) groups excluding carboxylic acids is 1. The Balaban J connectivity index is 1.53. The number of guanidine groups is 1. The fourth-order valence-corrected chi connectivity index (χ4v) is 3.77. The van der Waals surface area contributed by atoms with Crippen molar-refractivity contribution < 1.29 is 22.7 Å². The lowest BCUT2D eigenvalue weighted by Crippen LogP contribution is -2.56. The summed E-state index contributed by atoms with van der Waals surface area (Å²) in [7, 11) is 0. The molecule has 31 heavy (non-hydrogen) atoms. The zero-order valence-corrected chi connectivity index (χ0v) is 18.0. The molecule has 1 fully saturated rings. The molecule has 2 aliphatic rings. The van der Waals surface area contributed by atoms with Crippen LogP contribution in [-0.2, 0) is 4.79 Å². The van der Waals surface area contributed by atoms with Crippen LogP contribution in [-0.4, -0.2) is 86.3 Å². The molecule has 0 saturated carbocycles. The zero-order valence-electron chi connectivity index (χ0n) is 18.0. The van der Waals surface area contributed by atoms with Gasteiger partial charge in [-0.05, 0) is 32.4 Å². The molecule has 172 valence electrons. The Labute approximate surface area is 180 Å². The number of benzene rings is 1. The number of piperazine rings is 1. The minimum atomic E-state index is -4.21. The number of carbonyl (C=O) groups is 1. The Kier molecular flexibility index (Phi) is 7.64. The van der Waals surface area contributed by atoms with Crippen LogP contribution in [0.15, 0.2) is 29.3 Å². The minimum absolute atomic E-state index is 0.0313. The number of ether oxygens (including phenoxy) is 1. The largest absolute Gasteiger partial charge is 0.482 e. The maximum Gasteiger partial charge on any atom is 0.403 e. The monoisotopic (exact) mass is 441 g/mol. The first kappa shape index (κ1) is 23.2. The molecule has 1 amide bonds. The number of rotatable bonds is 6. The van der Waals surface area contributed by atoms with Gasteiger partial charge in [-0.1, -0.05) is 12.1 Å². The number of alkyl halides is 3. The van der Waals surface area contributed by atoms with Crippen LogP contribution in [0, 0.1) is 0 Å². The number of anilines is 1. The fourth-order valence-electron chi connectivity index (χ4n) is 3.77. The molecule has 0 bridgehead atoms. The topological polar surface area (TPSA) is 60.4 Å². The normalized spacial score (nSPS) is 19.1. The molecule has 1 N–H and O–H groups in total. The van der Waals surface area contributed by atoms with Crippen molar-refractivity contribution in [1.82, 2.24) is 15.1 Å². The van der Waals surface area contributed by atoms with Crippen LogP contribution in [0.2, 0.25) is 0 Å². The standard InChI is InChI=1S/C21H30F3N5O2/c1-3-25-20(28-13-11-27(12-14-28)16(2)21(22,23)24)26-9-6-10-29-17-7-4-5-8-18(17)31-15-19(29)30/h4-5,7-8,16H,3,6,9-15H2,1-2H3,(H,25,26). The molecule has 1 atom stereocenters. The molecular weight excluding hydrogens is 411 g/mol. The number of halogens is 3. The molecule has 1 saturated heterocycles. The Morgan fingerprint density at radius 3 is 2.61 bits per heavy atom. The number of aliphatic imine (C=N–C) groups is 1. The van der Waals surface area contributed by atoms with Crippen molar-refractivity contribution in [1.29, 1.82) is 0 Å². The van der Waals surface area contributed by atoms with Gasteiger partial charge >= 0.3 is 6.18 Å². The first-order valence-corrected chi connectivity index (χ1v) is 10.7. The van der Waals surface area contributed by atoms with Crippen molar-refractivity contribution in [3.63, 3.8) is 0 Å². The molecule has 3 rings (SSSR count). The summed E-state index contributed by atoms with van der Waals surface area (Å²) in [6.07, 6.45) is -3.55. The predicted octanol–water partition coefficient (Wildman–Crippen LogP) is 2.34. The molecule has 2 heterocycles. The van der Waals surface area contributed by atoms with Gasteiger partial charge in [0.15, 0.2) is 12.6 Å². The highest BCUT2D eigenvalue weighted by atomic mass is 19.4. The highest BCUT2D eigenvalue weighted by Gasteiger charge is 2.41. The van der Waals surface area contributed by atoms with Gasteiger partial charge in [0.2, 0.25) is 0 Å². The van der Waals surface area contributed by atoms with Gasteiger partial charge in [-0.15, -0.1) is 0 Å².